The minimum atomic E-state index is -0.376. The van der Waals surface area contributed by atoms with Gasteiger partial charge in [-0.3, -0.25) is 0 Å². The molecule has 1 N–H and O–H groups in total. The maximum absolute atomic E-state index is 12.0. The highest BCUT2D eigenvalue weighted by Crippen LogP contribution is 2.25. The van der Waals surface area contributed by atoms with Gasteiger partial charge in [0.15, 0.2) is 0 Å². The first-order valence-electron chi connectivity index (χ1n) is 4.35. The van der Waals surface area contributed by atoms with E-state index in [-0.39, 0.29) is 6.67 Å². The quantitative estimate of drug-likeness (QED) is 0.880. The average molecular weight is 262 g/mol. The smallest absolute Gasteiger partial charge is 0.107 e. The molecule has 0 aliphatic carbocycles. The van der Waals surface area contributed by atoms with Crippen molar-refractivity contribution in [1.29, 1.82) is 0 Å². The summed E-state index contributed by atoms with van der Waals surface area (Å²) in [6, 6.07) is 5.76. The fourth-order valence-corrected chi connectivity index (χ4v) is 1.68. The number of halogens is 2. The van der Waals surface area contributed by atoms with Gasteiger partial charge in [0.25, 0.3) is 0 Å². The maximum Gasteiger partial charge on any atom is 0.107 e. The molecule has 0 unspecified atom stereocenters. The lowest BCUT2D eigenvalue weighted by molar-refractivity contribution is 0.185. The van der Waals surface area contributed by atoms with Crippen LogP contribution in [-0.2, 0) is 11.3 Å². The van der Waals surface area contributed by atoms with Crippen LogP contribution in [0.3, 0.4) is 0 Å². The Bertz CT molecular complexity index is 293. The highest BCUT2D eigenvalue weighted by atomic mass is 79.9. The van der Waals surface area contributed by atoms with Gasteiger partial charge in [0.05, 0.1) is 6.61 Å². The standard InChI is InChI=1S/C10H13BrFNO/c1-14-7-8-9(11)3-2-4-10(8)13-6-5-12/h2-4,13H,5-7H2,1H3. The molecule has 0 saturated carbocycles. The van der Waals surface area contributed by atoms with Gasteiger partial charge in [-0.15, -0.1) is 0 Å². The van der Waals surface area contributed by atoms with Crippen LogP contribution in [0.2, 0.25) is 0 Å². The molecule has 0 aromatic heterocycles. The Morgan fingerprint density at radius 3 is 2.93 bits per heavy atom. The molecule has 0 fully saturated rings. The summed E-state index contributed by atoms with van der Waals surface area (Å²) in [7, 11) is 1.64. The van der Waals surface area contributed by atoms with Crippen LogP contribution in [0.25, 0.3) is 0 Å². The van der Waals surface area contributed by atoms with E-state index in [4.69, 9.17) is 4.74 Å². The summed E-state index contributed by atoms with van der Waals surface area (Å²) in [5.41, 5.74) is 1.93. The molecule has 0 radical (unpaired) electrons. The van der Waals surface area contributed by atoms with Crippen LogP contribution in [0.15, 0.2) is 22.7 Å². The molecule has 1 aromatic carbocycles. The van der Waals surface area contributed by atoms with Crippen LogP contribution >= 0.6 is 15.9 Å². The predicted octanol–water partition coefficient (Wildman–Crippen LogP) is 2.98. The zero-order chi connectivity index (χ0) is 10.4. The Morgan fingerprint density at radius 2 is 2.29 bits per heavy atom. The number of hydrogen-bond donors (Lipinski definition) is 1. The summed E-state index contributed by atoms with van der Waals surface area (Å²) in [5.74, 6) is 0. The van der Waals surface area contributed by atoms with Gasteiger partial charge >= 0.3 is 0 Å². The van der Waals surface area contributed by atoms with Gasteiger partial charge in [-0.05, 0) is 12.1 Å². The van der Waals surface area contributed by atoms with E-state index >= 15 is 0 Å². The Labute approximate surface area is 91.6 Å². The van der Waals surface area contributed by atoms with E-state index < -0.39 is 0 Å². The summed E-state index contributed by atoms with van der Waals surface area (Å²) in [6.45, 7) is 0.460. The SMILES string of the molecule is COCc1c(Br)cccc1NCCF. The Balaban J connectivity index is 2.83. The molecular weight excluding hydrogens is 249 g/mol. The van der Waals surface area contributed by atoms with Crippen molar-refractivity contribution >= 4 is 21.6 Å². The molecule has 0 heterocycles. The fraction of sp³-hybridized carbons (Fsp3) is 0.400. The van der Waals surface area contributed by atoms with Gasteiger partial charge in [-0.1, -0.05) is 22.0 Å². The number of nitrogens with one attached hydrogen (secondary N) is 1. The van der Waals surface area contributed by atoms with Crippen molar-refractivity contribution in [2.45, 2.75) is 6.61 Å². The summed E-state index contributed by atoms with van der Waals surface area (Å²) in [6.07, 6.45) is 0. The van der Waals surface area contributed by atoms with E-state index in [0.717, 1.165) is 15.7 Å². The molecule has 0 aliphatic heterocycles. The monoisotopic (exact) mass is 261 g/mol. The number of benzene rings is 1. The van der Waals surface area contributed by atoms with Crippen molar-refractivity contribution in [2.24, 2.45) is 0 Å². The minimum Gasteiger partial charge on any atom is -0.382 e. The van der Waals surface area contributed by atoms with Crippen LogP contribution in [-0.4, -0.2) is 20.3 Å². The molecule has 0 bridgehead atoms. The largest absolute Gasteiger partial charge is 0.382 e. The van der Waals surface area contributed by atoms with Crippen molar-refractivity contribution in [3.63, 3.8) is 0 Å². The van der Waals surface area contributed by atoms with E-state index in [1.165, 1.54) is 0 Å². The average Bonchev–Trinajstić information content (AvgIpc) is 2.19. The van der Waals surface area contributed by atoms with E-state index in [9.17, 15) is 4.39 Å². The van der Waals surface area contributed by atoms with Crippen LogP contribution in [0.1, 0.15) is 5.56 Å². The van der Waals surface area contributed by atoms with E-state index in [2.05, 4.69) is 21.2 Å². The van der Waals surface area contributed by atoms with E-state index in [1.54, 1.807) is 7.11 Å². The zero-order valence-corrected chi connectivity index (χ0v) is 9.60. The van der Waals surface area contributed by atoms with Gasteiger partial charge in [-0.2, -0.15) is 0 Å². The molecule has 0 aliphatic rings. The number of rotatable bonds is 5. The first-order valence-corrected chi connectivity index (χ1v) is 5.15. The zero-order valence-electron chi connectivity index (χ0n) is 8.02. The first kappa shape index (κ1) is 11.5. The van der Waals surface area contributed by atoms with Gasteiger partial charge < -0.3 is 10.1 Å². The molecule has 0 saturated heterocycles. The van der Waals surface area contributed by atoms with E-state index in [0.29, 0.717) is 13.2 Å². The fourth-order valence-electron chi connectivity index (χ4n) is 1.20. The third-order valence-electron chi connectivity index (χ3n) is 1.82. The Morgan fingerprint density at radius 1 is 1.50 bits per heavy atom. The second kappa shape index (κ2) is 5.98. The normalized spacial score (nSPS) is 10.2. The highest BCUT2D eigenvalue weighted by molar-refractivity contribution is 9.10. The molecule has 14 heavy (non-hydrogen) atoms. The molecule has 1 rings (SSSR count). The number of alkyl halides is 1. The van der Waals surface area contributed by atoms with Gasteiger partial charge in [0.1, 0.15) is 6.67 Å². The number of anilines is 1. The van der Waals surface area contributed by atoms with Gasteiger partial charge in [0.2, 0.25) is 0 Å². The van der Waals surface area contributed by atoms with Gasteiger partial charge in [0, 0.05) is 29.4 Å². The third kappa shape index (κ3) is 2.96. The second-order valence-electron chi connectivity index (χ2n) is 2.81. The van der Waals surface area contributed by atoms with Crippen molar-refractivity contribution in [3.05, 3.63) is 28.2 Å². The molecule has 0 atom stereocenters. The molecular formula is C10H13BrFNO. The second-order valence-corrected chi connectivity index (χ2v) is 3.67. The summed E-state index contributed by atoms with van der Waals surface area (Å²) >= 11 is 3.43. The molecule has 0 amide bonds. The topological polar surface area (TPSA) is 21.3 Å². The number of ether oxygens (including phenoxy) is 1. The van der Waals surface area contributed by atoms with E-state index in [1.807, 2.05) is 18.2 Å². The molecule has 2 nitrogen and oxygen atoms in total. The van der Waals surface area contributed by atoms with Crippen molar-refractivity contribution < 1.29 is 9.13 Å². The summed E-state index contributed by atoms with van der Waals surface area (Å²) in [5, 5.41) is 3.00. The van der Waals surface area contributed by atoms with Crippen LogP contribution in [0, 0.1) is 0 Å². The highest BCUT2D eigenvalue weighted by Gasteiger charge is 2.05. The lowest BCUT2D eigenvalue weighted by Crippen LogP contribution is -2.06. The first-order chi connectivity index (χ1) is 6.79. The van der Waals surface area contributed by atoms with Crippen LogP contribution in [0.4, 0.5) is 10.1 Å². The lowest BCUT2D eigenvalue weighted by Gasteiger charge is -2.11. The molecule has 0 spiro atoms. The van der Waals surface area contributed by atoms with Crippen molar-refractivity contribution in [2.75, 3.05) is 25.6 Å². The van der Waals surface area contributed by atoms with Crippen LogP contribution in [0.5, 0.6) is 0 Å². The van der Waals surface area contributed by atoms with Crippen molar-refractivity contribution in [1.82, 2.24) is 0 Å². The number of hydrogen-bond acceptors (Lipinski definition) is 2. The van der Waals surface area contributed by atoms with Gasteiger partial charge in [-0.25, -0.2) is 4.39 Å². The number of methoxy groups -OCH3 is 1. The predicted molar refractivity (Wildman–Crippen MR) is 59.3 cm³/mol. The van der Waals surface area contributed by atoms with Crippen molar-refractivity contribution in [3.8, 4) is 0 Å². The maximum atomic E-state index is 12.0. The summed E-state index contributed by atoms with van der Waals surface area (Å²) in [4.78, 5) is 0. The summed E-state index contributed by atoms with van der Waals surface area (Å²) < 4.78 is 18.0. The minimum absolute atomic E-state index is 0.327. The lowest BCUT2D eigenvalue weighted by atomic mass is 10.2. The molecule has 4 heteroatoms. The Kier molecular flexibility index (Phi) is 4.90. The van der Waals surface area contributed by atoms with Crippen LogP contribution < -0.4 is 5.32 Å². The third-order valence-corrected chi connectivity index (χ3v) is 2.56. The molecule has 78 valence electrons. The Hall–Kier alpha value is -0.610. The molecule has 1 aromatic rings.